The number of nitrogens with one attached hydrogen (secondary N) is 1. The van der Waals surface area contributed by atoms with E-state index in [9.17, 15) is 9.59 Å². The molecular formula is C26H30N4O4. The molecule has 3 amide bonds. The Morgan fingerprint density at radius 1 is 1.12 bits per heavy atom. The zero-order valence-corrected chi connectivity index (χ0v) is 19.6. The Kier molecular flexibility index (Phi) is 6.00. The molecule has 178 valence electrons. The van der Waals surface area contributed by atoms with Crippen molar-refractivity contribution >= 4 is 23.0 Å². The summed E-state index contributed by atoms with van der Waals surface area (Å²) in [6, 6.07) is 15.3. The van der Waals surface area contributed by atoms with E-state index < -0.39 is 5.54 Å². The van der Waals surface area contributed by atoms with E-state index in [0.717, 1.165) is 54.2 Å². The molecular weight excluding hydrogens is 432 g/mol. The third-order valence-corrected chi connectivity index (χ3v) is 7.01. The molecule has 3 aromatic rings. The largest absolute Gasteiger partial charge is 0.497 e. The molecule has 0 radical (unpaired) electrons. The van der Waals surface area contributed by atoms with Crippen LogP contribution < -0.4 is 10.1 Å². The van der Waals surface area contributed by atoms with Crippen molar-refractivity contribution in [3.63, 3.8) is 0 Å². The number of amides is 3. The first kappa shape index (κ1) is 22.4. The van der Waals surface area contributed by atoms with Gasteiger partial charge in [0.25, 0.3) is 5.91 Å². The van der Waals surface area contributed by atoms with Crippen LogP contribution in [0.25, 0.3) is 11.1 Å². The standard InChI is InChI=1S/C26H30N4O4/c1-26(14-11-18-7-9-20(33-2)10-8-18)24(31)30(25(32)28-26)17-29-15-12-19(13-16-29)23-27-21-5-3-4-6-22(21)34-23/h3-10,19H,11-17H2,1-2H3,(H,28,32). The van der Waals surface area contributed by atoms with Gasteiger partial charge in [0.15, 0.2) is 11.5 Å². The number of para-hydroxylation sites is 2. The van der Waals surface area contributed by atoms with E-state index in [2.05, 4.69) is 15.2 Å². The summed E-state index contributed by atoms with van der Waals surface area (Å²) >= 11 is 0. The predicted octanol–water partition coefficient (Wildman–Crippen LogP) is 3.92. The Morgan fingerprint density at radius 3 is 2.56 bits per heavy atom. The fourth-order valence-corrected chi connectivity index (χ4v) is 4.82. The van der Waals surface area contributed by atoms with Gasteiger partial charge in [0, 0.05) is 19.0 Å². The van der Waals surface area contributed by atoms with Gasteiger partial charge in [-0.25, -0.2) is 14.7 Å². The lowest BCUT2D eigenvalue weighted by molar-refractivity contribution is -0.132. The topological polar surface area (TPSA) is 87.9 Å². The fourth-order valence-electron chi connectivity index (χ4n) is 4.82. The number of urea groups is 1. The highest BCUT2D eigenvalue weighted by Gasteiger charge is 2.47. The lowest BCUT2D eigenvalue weighted by atomic mass is 9.93. The van der Waals surface area contributed by atoms with Gasteiger partial charge in [0.2, 0.25) is 0 Å². The van der Waals surface area contributed by atoms with Gasteiger partial charge in [0.05, 0.1) is 13.8 Å². The van der Waals surface area contributed by atoms with Gasteiger partial charge in [-0.2, -0.15) is 0 Å². The van der Waals surface area contributed by atoms with Crippen LogP contribution in [-0.2, 0) is 11.2 Å². The van der Waals surface area contributed by atoms with Crippen LogP contribution in [0, 0.1) is 0 Å². The molecule has 0 saturated carbocycles. The number of ether oxygens (including phenoxy) is 1. The second-order valence-corrected chi connectivity index (χ2v) is 9.40. The molecule has 1 unspecified atom stereocenters. The van der Waals surface area contributed by atoms with E-state index in [1.807, 2.05) is 55.5 Å². The minimum Gasteiger partial charge on any atom is -0.497 e. The Bertz CT molecular complexity index is 1150. The van der Waals surface area contributed by atoms with E-state index in [0.29, 0.717) is 19.5 Å². The normalized spacial score (nSPS) is 21.9. The van der Waals surface area contributed by atoms with Crippen molar-refractivity contribution in [3.05, 3.63) is 60.0 Å². The molecule has 2 aliphatic rings. The number of nitrogens with zero attached hydrogens (tertiary/aromatic N) is 3. The molecule has 2 aromatic carbocycles. The average Bonchev–Trinajstić information content (AvgIpc) is 3.38. The van der Waals surface area contributed by atoms with Gasteiger partial charge in [-0.3, -0.25) is 9.69 Å². The SMILES string of the molecule is COc1ccc(CCC2(C)NC(=O)N(CN3CCC(c4nc5ccccc5o4)CC3)C2=O)cc1. The summed E-state index contributed by atoms with van der Waals surface area (Å²) in [5.41, 5.74) is 1.90. The van der Waals surface area contributed by atoms with Gasteiger partial charge in [-0.05, 0) is 62.4 Å². The van der Waals surface area contributed by atoms with Crippen LogP contribution in [0.5, 0.6) is 5.75 Å². The molecule has 0 aliphatic carbocycles. The van der Waals surface area contributed by atoms with Gasteiger partial charge in [-0.15, -0.1) is 0 Å². The number of hydrogen-bond acceptors (Lipinski definition) is 6. The molecule has 1 N–H and O–H groups in total. The molecule has 3 heterocycles. The Hall–Kier alpha value is -3.39. The van der Waals surface area contributed by atoms with Crippen molar-refractivity contribution in [1.82, 2.24) is 20.1 Å². The highest BCUT2D eigenvalue weighted by Crippen LogP contribution is 2.31. The number of methoxy groups -OCH3 is 1. The number of oxazole rings is 1. The Balaban J connectivity index is 1.16. The number of hydrogen-bond donors (Lipinski definition) is 1. The number of aromatic nitrogens is 1. The second kappa shape index (κ2) is 9.10. The quantitative estimate of drug-likeness (QED) is 0.536. The summed E-state index contributed by atoms with van der Waals surface area (Å²) < 4.78 is 11.1. The van der Waals surface area contributed by atoms with Gasteiger partial charge >= 0.3 is 6.03 Å². The summed E-state index contributed by atoms with van der Waals surface area (Å²) in [6.45, 7) is 3.69. The van der Waals surface area contributed by atoms with Crippen molar-refractivity contribution in [2.24, 2.45) is 0 Å². The first-order chi connectivity index (χ1) is 16.4. The molecule has 1 aromatic heterocycles. The van der Waals surface area contributed by atoms with Gasteiger partial charge < -0.3 is 14.5 Å². The minimum absolute atomic E-state index is 0.160. The molecule has 8 nitrogen and oxygen atoms in total. The second-order valence-electron chi connectivity index (χ2n) is 9.40. The van der Waals surface area contributed by atoms with Crippen LogP contribution in [0.4, 0.5) is 4.79 Å². The van der Waals surface area contributed by atoms with Crippen molar-refractivity contribution in [2.75, 3.05) is 26.9 Å². The maximum atomic E-state index is 13.2. The molecule has 2 aliphatic heterocycles. The van der Waals surface area contributed by atoms with E-state index in [-0.39, 0.29) is 17.9 Å². The third kappa shape index (κ3) is 4.37. The fraction of sp³-hybridized carbons (Fsp3) is 0.423. The van der Waals surface area contributed by atoms with Crippen LogP contribution in [0.15, 0.2) is 52.9 Å². The van der Waals surface area contributed by atoms with E-state index in [1.54, 1.807) is 7.11 Å². The van der Waals surface area contributed by atoms with E-state index >= 15 is 0 Å². The summed E-state index contributed by atoms with van der Waals surface area (Å²) in [5, 5.41) is 2.92. The van der Waals surface area contributed by atoms with Crippen molar-refractivity contribution in [2.45, 2.75) is 44.1 Å². The van der Waals surface area contributed by atoms with Crippen molar-refractivity contribution in [3.8, 4) is 5.75 Å². The molecule has 2 fully saturated rings. The lowest BCUT2D eigenvalue weighted by Gasteiger charge is -2.32. The molecule has 2 saturated heterocycles. The Labute approximate surface area is 198 Å². The van der Waals surface area contributed by atoms with Crippen LogP contribution in [-0.4, -0.2) is 59.1 Å². The zero-order chi connectivity index (χ0) is 23.7. The maximum absolute atomic E-state index is 13.2. The lowest BCUT2D eigenvalue weighted by Crippen LogP contribution is -2.47. The minimum atomic E-state index is -0.895. The first-order valence-corrected chi connectivity index (χ1v) is 11.8. The van der Waals surface area contributed by atoms with Crippen LogP contribution in [0.2, 0.25) is 0 Å². The number of likely N-dealkylation sites (tertiary alicyclic amines) is 1. The Morgan fingerprint density at radius 2 is 1.85 bits per heavy atom. The molecule has 0 bridgehead atoms. The van der Waals surface area contributed by atoms with E-state index in [1.165, 1.54) is 4.90 Å². The number of carbonyl (C=O) groups is 2. The van der Waals surface area contributed by atoms with Crippen LogP contribution in [0.1, 0.15) is 43.6 Å². The summed E-state index contributed by atoms with van der Waals surface area (Å²) in [7, 11) is 1.63. The highest BCUT2D eigenvalue weighted by molar-refractivity contribution is 6.06. The van der Waals surface area contributed by atoms with Crippen LogP contribution in [0.3, 0.4) is 0 Å². The first-order valence-electron chi connectivity index (χ1n) is 11.8. The molecule has 1 atom stereocenters. The summed E-state index contributed by atoms with van der Waals surface area (Å²) in [5.74, 6) is 1.67. The number of aryl methyl sites for hydroxylation is 1. The maximum Gasteiger partial charge on any atom is 0.326 e. The van der Waals surface area contributed by atoms with Gasteiger partial charge in [-0.1, -0.05) is 24.3 Å². The van der Waals surface area contributed by atoms with Crippen molar-refractivity contribution < 1.29 is 18.7 Å². The van der Waals surface area contributed by atoms with Gasteiger partial charge in [0.1, 0.15) is 16.8 Å². The van der Waals surface area contributed by atoms with Crippen molar-refractivity contribution in [1.29, 1.82) is 0 Å². The number of piperidine rings is 1. The molecule has 0 spiro atoms. The monoisotopic (exact) mass is 462 g/mol. The van der Waals surface area contributed by atoms with Crippen LogP contribution >= 0.6 is 0 Å². The number of benzene rings is 2. The number of imide groups is 1. The summed E-state index contributed by atoms with van der Waals surface area (Å²) in [6.07, 6.45) is 2.99. The molecule has 8 heteroatoms. The molecule has 34 heavy (non-hydrogen) atoms. The smallest absolute Gasteiger partial charge is 0.326 e. The highest BCUT2D eigenvalue weighted by atomic mass is 16.5. The summed E-state index contributed by atoms with van der Waals surface area (Å²) in [4.78, 5) is 34.0. The number of rotatable bonds is 7. The number of fused-ring (bicyclic) bond motifs is 1. The van der Waals surface area contributed by atoms with E-state index in [4.69, 9.17) is 9.15 Å². The zero-order valence-electron chi connectivity index (χ0n) is 19.6. The predicted molar refractivity (Wildman–Crippen MR) is 128 cm³/mol. The third-order valence-electron chi connectivity index (χ3n) is 7.01. The molecule has 5 rings (SSSR count). The number of carbonyl (C=O) groups excluding carboxylic acids is 2. The average molecular weight is 463 g/mol.